The lowest BCUT2D eigenvalue weighted by atomic mass is 10.1. The quantitative estimate of drug-likeness (QED) is 0.619. The van der Waals surface area contributed by atoms with Gasteiger partial charge in [0.15, 0.2) is 0 Å². The lowest BCUT2D eigenvalue weighted by molar-refractivity contribution is 0.0203. The summed E-state index contributed by atoms with van der Waals surface area (Å²) in [4.78, 5) is 14.0. The van der Waals surface area contributed by atoms with Crippen LogP contribution in [-0.4, -0.2) is 44.1 Å². The van der Waals surface area contributed by atoms with Crippen LogP contribution in [0.4, 0.5) is 4.79 Å². The topological polar surface area (TPSA) is 75.7 Å². The Bertz CT molecular complexity index is 755. The van der Waals surface area contributed by atoms with Gasteiger partial charge in [-0.1, -0.05) is 31.9 Å². The van der Waals surface area contributed by atoms with Gasteiger partial charge in [-0.05, 0) is 57.4 Å². The first kappa shape index (κ1) is 21.7. The number of hydrogen-bond acceptors (Lipinski definition) is 4. The maximum absolute atomic E-state index is 12.7. The van der Waals surface area contributed by atoms with Crippen LogP contribution in [0, 0.1) is 0 Å². The summed E-state index contributed by atoms with van der Waals surface area (Å²) in [5, 5.41) is 0.444. The molecule has 6 nitrogen and oxygen atoms in total. The van der Waals surface area contributed by atoms with Crippen molar-refractivity contribution in [2.75, 3.05) is 13.1 Å². The molecule has 0 atom stereocenters. The molecule has 1 heterocycles. The third-order valence-corrected chi connectivity index (χ3v) is 6.64. The first-order chi connectivity index (χ1) is 12.0. The van der Waals surface area contributed by atoms with E-state index in [9.17, 15) is 13.2 Å². The molecule has 0 radical (unpaired) electrons. The third kappa shape index (κ3) is 5.94. The molecule has 0 spiro atoms. The number of benzene rings is 1. The van der Waals surface area contributed by atoms with Crippen molar-refractivity contribution in [2.45, 2.75) is 55.5 Å². The zero-order chi connectivity index (χ0) is 19.5. The van der Waals surface area contributed by atoms with Crippen LogP contribution in [0.2, 0.25) is 0 Å². The first-order valence-corrected chi connectivity index (χ1v) is 11.8. The summed E-state index contributed by atoms with van der Waals surface area (Å²) in [6.45, 7) is 6.41. The number of sulfonamides is 1. The molecule has 0 aromatic heterocycles. The molecule has 1 fully saturated rings. The predicted octanol–water partition coefficient (Wildman–Crippen LogP) is 4.02. The van der Waals surface area contributed by atoms with Crippen molar-refractivity contribution in [2.24, 2.45) is 0 Å². The maximum atomic E-state index is 12.7. The van der Waals surface area contributed by atoms with Crippen molar-refractivity contribution >= 4 is 48.0 Å². The number of nitrogens with one attached hydrogen (secondary N) is 1. The van der Waals surface area contributed by atoms with Crippen LogP contribution in [0.1, 0.15) is 39.2 Å². The third-order valence-electron chi connectivity index (χ3n) is 3.92. The number of halogens is 2. The van der Waals surface area contributed by atoms with Gasteiger partial charge in [-0.2, -0.15) is 0 Å². The lowest BCUT2D eigenvalue weighted by Crippen LogP contribution is -2.47. The van der Waals surface area contributed by atoms with Crippen molar-refractivity contribution in [1.82, 2.24) is 9.62 Å². The average molecular weight is 512 g/mol. The number of likely N-dealkylation sites (tertiary alicyclic amines) is 1. The van der Waals surface area contributed by atoms with Gasteiger partial charge in [0.1, 0.15) is 5.60 Å². The number of ether oxygens (including phenoxy) is 1. The number of alkyl halides is 1. The fraction of sp³-hybridized carbons (Fsp3) is 0.588. The van der Waals surface area contributed by atoms with Gasteiger partial charge in [0.05, 0.1) is 4.90 Å². The van der Waals surface area contributed by atoms with E-state index in [2.05, 4.69) is 36.6 Å². The van der Waals surface area contributed by atoms with Crippen LogP contribution in [0.3, 0.4) is 0 Å². The number of piperidine rings is 1. The molecule has 1 saturated heterocycles. The van der Waals surface area contributed by atoms with Gasteiger partial charge in [-0.25, -0.2) is 17.9 Å². The SMILES string of the molecule is CC(C)(C)OC(=O)N1CCC(NS(=O)(=O)c2ccc(Br)cc2CBr)CC1. The van der Waals surface area contributed by atoms with Crippen molar-refractivity contribution in [1.29, 1.82) is 0 Å². The molecule has 146 valence electrons. The van der Waals surface area contributed by atoms with Crippen molar-refractivity contribution < 1.29 is 17.9 Å². The summed E-state index contributed by atoms with van der Waals surface area (Å²) in [6.07, 6.45) is 0.755. The number of nitrogens with zero attached hydrogens (tertiary/aromatic N) is 1. The Hall–Kier alpha value is -0.640. The first-order valence-electron chi connectivity index (χ1n) is 8.36. The van der Waals surface area contributed by atoms with E-state index in [-0.39, 0.29) is 17.0 Å². The van der Waals surface area contributed by atoms with Gasteiger partial charge in [0.25, 0.3) is 0 Å². The van der Waals surface area contributed by atoms with Crippen molar-refractivity contribution in [3.05, 3.63) is 28.2 Å². The van der Waals surface area contributed by atoms with Crippen LogP contribution >= 0.6 is 31.9 Å². The molecule has 0 bridgehead atoms. The Morgan fingerprint density at radius 3 is 2.46 bits per heavy atom. The van der Waals surface area contributed by atoms with E-state index in [4.69, 9.17) is 4.74 Å². The molecule has 1 aliphatic heterocycles. The Morgan fingerprint density at radius 2 is 1.92 bits per heavy atom. The number of amides is 1. The molecule has 9 heteroatoms. The molecule has 1 aromatic carbocycles. The van der Waals surface area contributed by atoms with Gasteiger partial charge in [0, 0.05) is 28.9 Å². The van der Waals surface area contributed by atoms with Gasteiger partial charge < -0.3 is 9.64 Å². The Balaban J connectivity index is 1.99. The number of carbonyl (C=O) groups is 1. The van der Waals surface area contributed by atoms with E-state index >= 15 is 0 Å². The molecule has 1 amide bonds. The fourth-order valence-corrected chi connectivity index (χ4v) is 5.29. The highest BCUT2D eigenvalue weighted by Gasteiger charge is 2.29. The molecule has 26 heavy (non-hydrogen) atoms. The monoisotopic (exact) mass is 510 g/mol. The molecule has 2 rings (SSSR count). The highest BCUT2D eigenvalue weighted by molar-refractivity contribution is 9.10. The smallest absolute Gasteiger partial charge is 0.410 e. The minimum atomic E-state index is -3.62. The highest BCUT2D eigenvalue weighted by atomic mass is 79.9. The van der Waals surface area contributed by atoms with Gasteiger partial charge in [-0.3, -0.25) is 0 Å². The zero-order valence-corrected chi connectivity index (χ0v) is 19.1. The largest absolute Gasteiger partial charge is 0.444 e. The van der Waals surface area contributed by atoms with E-state index in [0.717, 1.165) is 4.47 Å². The summed E-state index contributed by atoms with van der Waals surface area (Å²) in [5.41, 5.74) is 0.154. The van der Waals surface area contributed by atoms with Crippen LogP contribution in [0.5, 0.6) is 0 Å². The molecule has 0 saturated carbocycles. The number of rotatable bonds is 4. The fourth-order valence-electron chi connectivity index (χ4n) is 2.70. The molecule has 0 aliphatic carbocycles. The van der Waals surface area contributed by atoms with E-state index in [0.29, 0.717) is 36.8 Å². The lowest BCUT2D eigenvalue weighted by Gasteiger charge is -2.33. The number of carbonyl (C=O) groups excluding carboxylic acids is 1. The minimum Gasteiger partial charge on any atom is -0.444 e. The van der Waals surface area contributed by atoms with E-state index in [1.165, 1.54) is 0 Å². The summed E-state index contributed by atoms with van der Waals surface area (Å²) >= 11 is 6.69. The van der Waals surface area contributed by atoms with Crippen LogP contribution in [0.15, 0.2) is 27.6 Å². The summed E-state index contributed by atoms with van der Waals surface area (Å²) in [5.74, 6) is 0. The summed E-state index contributed by atoms with van der Waals surface area (Å²) in [6, 6.07) is 4.89. The minimum absolute atomic E-state index is 0.203. The molecule has 1 aromatic rings. The maximum Gasteiger partial charge on any atom is 0.410 e. The molecule has 1 N–H and O–H groups in total. The van der Waals surface area contributed by atoms with Gasteiger partial charge in [0.2, 0.25) is 10.0 Å². The van der Waals surface area contributed by atoms with Crippen LogP contribution in [0.25, 0.3) is 0 Å². The predicted molar refractivity (Wildman–Crippen MR) is 108 cm³/mol. The van der Waals surface area contributed by atoms with E-state index < -0.39 is 15.6 Å². The van der Waals surface area contributed by atoms with E-state index in [1.54, 1.807) is 23.1 Å². The Morgan fingerprint density at radius 1 is 1.31 bits per heavy atom. The average Bonchev–Trinajstić information content (AvgIpc) is 2.53. The Labute approximate surface area is 172 Å². The molecule has 0 unspecified atom stereocenters. The van der Waals surface area contributed by atoms with Crippen LogP contribution in [-0.2, 0) is 20.1 Å². The zero-order valence-electron chi connectivity index (χ0n) is 15.1. The highest BCUT2D eigenvalue weighted by Crippen LogP contribution is 2.24. The summed E-state index contributed by atoms with van der Waals surface area (Å²) in [7, 11) is -3.62. The van der Waals surface area contributed by atoms with E-state index in [1.807, 2.05) is 20.8 Å². The molecular formula is C17H24Br2N2O4S. The van der Waals surface area contributed by atoms with Crippen molar-refractivity contribution in [3.63, 3.8) is 0 Å². The van der Waals surface area contributed by atoms with Crippen molar-refractivity contribution in [3.8, 4) is 0 Å². The second-order valence-corrected chi connectivity index (χ2v) is 10.4. The summed E-state index contributed by atoms with van der Waals surface area (Å²) < 4.78 is 34.4. The van der Waals surface area contributed by atoms with Gasteiger partial charge in [-0.15, -0.1) is 0 Å². The Kier molecular flexibility index (Phi) is 7.15. The molecular weight excluding hydrogens is 488 g/mol. The number of hydrogen-bond donors (Lipinski definition) is 1. The van der Waals surface area contributed by atoms with Crippen LogP contribution < -0.4 is 4.72 Å². The normalized spacial score (nSPS) is 16.6. The second kappa shape index (κ2) is 8.58. The van der Waals surface area contributed by atoms with Gasteiger partial charge >= 0.3 is 6.09 Å². The molecule has 1 aliphatic rings. The second-order valence-electron chi connectivity index (χ2n) is 7.25. The standard InChI is InChI=1S/C17H24Br2N2O4S/c1-17(2,3)25-16(22)21-8-6-14(7-9-21)20-26(23,24)15-5-4-13(19)10-12(15)11-18/h4-5,10,14,20H,6-9,11H2,1-3H3.